The van der Waals surface area contributed by atoms with Gasteiger partial charge in [-0.15, -0.1) is 5.10 Å². The first kappa shape index (κ1) is 12.1. The van der Waals surface area contributed by atoms with E-state index in [9.17, 15) is 0 Å². The van der Waals surface area contributed by atoms with Crippen molar-refractivity contribution in [3.05, 3.63) is 36.2 Å². The average molecular weight is 296 g/mol. The molecule has 0 aliphatic carbocycles. The van der Waals surface area contributed by atoms with Crippen LogP contribution in [0.1, 0.15) is 24.4 Å². The van der Waals surface area contributed by atoms with E-state index >= 15 is 0 Å². The van der Waals surface area contributed by atoms with E-state index < -0.39 is 0 Å². The summed E-state index contributed by atoms with van der Waals surface area (Å²) in [5, 5.41) is 8.18. The van der Waals surface area contributed by atoms with Crippen LogP contribution >= 0.6 is 15.9 Å². The summed E-state index contributed by atoms with van der Waals surface area (Å²) in [6.45, 7) is 4.64. The van der Waals surface area contributed by atoms with Crippen molar-refractivity contribution in [3.8, 4) is 11.4 Å². The number of rotatable bonds is 4. The third-order valence-corrected chi connectivity index (χ3v) is 2.78. The van der Waals surface area contributed by atoms with Gasteiger partial charge in [0.25, 0.3) is 0 Å². The molecular formula is C12H14BrN3O. The van der Waals surface area contributed by atoms with Crippen LogP contribution in [0.2, 0.25) is 0 Å². The molecule has 1 aromatic heterocycles. The predicted octanol–water partition coefficient (Wildman–Crippen LogP) is 3.12. The molecule has 0 saturated carbocycles. The Kier molecular flexibility index (Phi) is 3.78. The molecule has 0 radical (unpaired) electrons. The fraction of sp³-hybridized carbons (Fsp3) is 0.333. The van der Waals surface area contributed by atoms with Gasteiger partial charge < -0.3 is 4.74 Å². The topological polar surface area (TPSA) is 39.9 Å². The Morgan fingerprint density at radius 3 is 2.94 bits per heavy atom. The second kappa shape index (κ2) is 5.31. The maximum absolute atomic E-state index is 5.45. The molecule has 17 heavy (non-hydrogen) atoms. The number of hydrogen-bond acceptors (Lipinski definition) is 3. The van der Waals surface area contributed by atoms with E-state index in [0.29, 0.717) is 6.61 Å². The lowest BCUT2D eigenvalue weighted by atomic mass is 10.3. The number of halogens is 1. The van der Waals surface area contributed by atoms with Crippen molar-refractivity contribution in [2.24, 2.45) is 0 Å². The summed E-state index contributed by atoms with van der Waals surface area (Å²) >= 11 is 3.47. The van der Waals surface area contributed by atoms with Crippen molar-refractivity contribution < 1.29 is 4.74 Å². The monoisotopic (exact) mass is 295 g/mol. The third kappa shape index (κ3) is 2.85. The normalized spacial score (nSPS) is 12.4. The Morgan fingerprint density at radius 2 is 2.29 bits per heavy atom. The standard InChI is InChI=1S/C12H14BrN3O/c1-3-17-11-6-4-5-10(7-11)16-8-12(9(2)13)14-15-16/h4-9H,3H2,1-2H3. The Morgan fingerprint density at radius 1 is 1.47 bits per heavy atom. The second-order valence-corrected chi connectivity index (χ2v) is 5.01. The quantitative estimate of drug-likeness (QED) is 0.814. The van der Waals surface area contributed by atoms with Crippen LogP contribution in [-0.4, -0.2) is 21.6 Å². The first-order valence-electron chi connectivity index (χ1n) is 5.50. The van der Waals surface area contributed by atoms with Crippen LogP contribution in [0.3, 0.4) is 0 Å². The number of aromatic nitrogens is 3. The first-order valence-corrected chi connectivity index (χ1v) is 6.42. The molecule has 1 unspecified atom stereocenters. The summed E-state index contributed by atoms with van der Waals surface area (Å²) in [7, 11) is 0. The van der Waals surface area contributed by atoms with Gasteiger partial charge in [0.05, 0.1) is 29.0 Å². The van der Waals surface area contributed by atoms with Crippen molar-refractivity contribution in [3.63, 3.8) is 0 Å². The summed E-state index contributed by atoms with van der Waals surface area (Å²) in [5.74, 6) is 0.842. The Balaban J connectivity index is 2.28. The smallest absolute Gasteiger partial charge is 0.121 e. The molecule has 2 rings (SSSR count). The average Bonchev–Trinajstić information content (AvgIpc) is 2.79. The zero-order chi connectivity index (χ0) is 12.3. The largest absolute Gasteiger partial charge is 0.494 e. The molecule has 2 aromatic rings. The number of ether oxygens (including phenoxy) is 1. The fourth-order valence-electron chi connectivity index (χ4n) is 1.47. The minimum Gasteiger partial charge on any atom is -0.494 e. The van der Waals surface area contributed by atoms with Crippen molar-refractivity contribution >= 4 is 15.9 Å². The minimum atomic E-state index is 0.200. The number of benzene rings is 1. The van der Waals surface area contributed by atoms with E-state index in [-0.39, 0.29) is 4.83 Å². The summed E-state index contributed by atoms with van der Waals surface area (Å²) in [4.78, 5) is 0.200. The van der Waals surface area contributed by atoms with Crippen LogP contribution in [-0.2, 0) is 0 Å². The minimum absolute atomic E-state index is 0.200. The maximum Gasteiger partial charge on any atom is 0.121 e. The van der Waals surface area contributed by atoms with Crippen molar-refractivity contribution in [1.82, 2.24) is 15.0 Å². The van der Waals surface area contributed by atoms with Gasteiger partial charge >= 0.3 is 0 Å². The highest BCUT2D eigenvalue weighted by atomic mass is 79.9. The van der Waals surface area contributed by atoms with E-state index in [2.05, 4.69) is 26.2 Å². The van der Waals surface area contributed by atoms with Gasteiger partial charge in [0.2, 0.25) is 0 Å². The molecule has 0 N–H and O–H groups in total. The van der Waals surface area contributed by atoms with Crippen LogP contribution in [0, 0.1) is 0 Å². The van der Waals surface area contributed by atoms with E-state index in [4.69, 9.17) is 4.74 Å². The molecule has 5 heteroatoms. The predicted molar refractivity (Wildman–Crippen MR) is 69.9 cm³/mol. The molecule has 90 valence electrons. The molecule has 0 aliphatic heterocycles. The molecule has 0 fully saturated rings. The fourth-order valence-corrected chi connectivity index (χ4v) is 1.68. The van der Waals surface area contributed by atoms with Crippen molar-refractivity contribution in [2.45, 2.75) is 18.7 Å². The van der Waals surface area contributed by atoms with Crippen LogP contribution in [0.25, 0.3) is 5.69 Å². The molecule has 0 saturated heterocycles. The Hall–Kier alpha value is -1.36. The van der Waals surface area contributed by atoms with Gasteiger partial charge in [-0.3, -0.25) is 0 Å². The molecular weight excluding hydrogens is 282 g/mol. The van der Waals surface area contributed by atoms with Gasteiger partial charge in [-0.25, -0.2) is 4.68 Å². The zero-order valence-corrected chi connectivity index (χ0v) is 11.4. The molecule has 1 aromatic carbocycles. The van der Waals surface area contributed by atoms with Gasteiger partial charge in [0, 0.05) is 6.07 Å². The highest BCUT2D eigenvalue weighted by Crippen LogP contribution is 2.21. The summed E-state index contributed by atoms with van der Waals surface area (Å²) in [6, 6.07) is 7.79. The van der Waals surface area contributed by atoms with E-state index in [1.165, 1.54) is 0 Å². The van der Waals surface area contributed by atoms with Crippen LogP contribution in [0.15, 0.2) is 30.5 Å². The van der Waals surface area contributed by atoms with Gasteiger partial charge in [0.1, 0.15) is 5.75 Å². The van der Waals surface area contributed by atoms with Crippen LogP contribution in [0.5, 0.6) is 5.75 Å². The van der Waals surface area contributed by atoms with Gasteiger partial charge in [-0.1, -0.05) is 27.2 Å². The molecule has 1 atom stereocenters. The lowest BCUT2D eigenvalue weighted by Gasteiger charge is -2.05. The lowest BCUT2D eigenvalue weighted by Crippen LogP contribution is -1.97. The number of nitrogens with zero attached hydrogens (tertiary/aromatic N) is 3. The molecule has 0 amide bonds. The number of alkyl halides is 1. The Bertz CT molecular complexity index is 496. The number of hydrogen-bond donors (Lipinski definition) is 0. The molecule has 1 heterocycles. The molecule has 0 bridgehead atoms. The third-order valence-electron chi connectivity index (χ3n) is 2.31. The molecule has 0 aliphatic rings. The van der Waals surface area contributed by atoms with Gasteiger partial charge in [0.15, 0.2) is 0 Å². The highest BCUT2D eigenvalue weighted by Gasteiger charge is 2.07. The Labute approximate surface area is 109 Å². The SMILES string of the molecule is CCOc1cccc(-n2cc(C(C)Br)nn2)c1. The summed E-state index contributed by atoms with van der Waals surface area (Å²) in [6.07, 6.45) is 1.91. The lowest BCUT2D eigenvalue weighted by molar-refractivity contribution is 0.340. The summed E-state index contributed by atoms with van der Waals surface area (Å²) < 4.78 is 7.20. The van der Waals surface area contributed by atoms with Crippen LogP contribution < -0.4 is 4.74 Å². The van der Waals surface area contributed by atoms with Crippen molar-refractivity contribution in [2.75, 3.05) is 6.61 Å². The van der Waals surface area contributed by atoms with E-state index in [1.807, 2.05) is 44.3 Å². The van der Waals surface area contributed by atoms with E-state index in [0.717, 1.165) is 17.1 Å². The highest BCUT2D eigenvalue weighted by molar-refractivity contribution is 9.09. The van der Waals surface area contributed by atoms with Gasteiger partial charge in [-0.05, 0) is 26.0 Å². The first-order chi connectivity index (χ1) is 8.20. The molecule has 0 spiro atoms. The zero-order valence-electron chi connectivity index (χ0n) is 9.80. The van der Waals surface area contributed by atoms with E-state index in [1.54, 1.807) is 4.68 Å². The van der Waals surface area contributed by atoms with Crippen LogP contribution in [0.4, 0.5) is 0 Å². The van der Waals surface area contributed by atoms with Crippen molar-refractivity contribution in [1.29, 1.82) is 0 Å². The summed E-state index contributed by atoms with van der Waals surface area (Å²) in [5.41, 5.74) is 1.86. The second-order valence-electron chi connectivity index (χ2n) is 3.63. The molecule has 4 nitrogen and oxygen atoms in total. The van der Waals surface area contributed by atoms with Gasteiger partial charge in [-0.2, -0.15) is 0 Å². The maximum atomic E-state index is 5.45.